The van der Waals surface area contributed by atoms with Gasteiger partial charge in [0, 0.05) is 5.88 Å². The van der Waals surface area contributed by atoms with E-state index in [-0.39, 0.29) is 0 Å². The van der Waals surface area contributed by atoms with Crippen molar-refractivity contribution < 1.29 is 4.74 Å². The van der Waals surface area contributed by atoms with Gasteiger partial charge in [0.1, 0.15) is 5.75 Å². The van der Waals surface area contributed by atoms with Gasteiger partial charge in [-0.2, -0.15) is 0 Å². The maximum atomic E-state index is 5.57. The van der Waals surface area contributed by atoms with Gasteiger partial charge in [-0.05, 0) is 30.5 Å². The van der Waals surface area contributed by atoms with Crippen LogP contribution in [0.3, 0.4) is 0 Å². The molecular weight excluding hydrogens is 196 g/mol. The monoisotopic (exact) mass is 210 g/mol. The molecule has 0 aliphatic heterocycles. The summed E-state index contributed by atoms with van der Waals surface area (Å²) >= 11 is 5.57. The quantitative estimate of drug-likeness (QED) is 0.532. The summed E-state index contributed by atoms with van der Waals surface area (Å²) in [4.78, 5) is 0. The lowest BCUT2D eigenvalue weighted by molar-refractivity contribution is 0.415. The molecule has 0 spiro atoms. The minimum Gasteiger partial charge on any atom is -0.497 e. The Hall–Kier alpha value is -0.950. The Bertz CT molecular complexity index is 277. The maximum absolute atomic E-state index is 5.57. The zero-order valence-electron chi connectivity index (χ0n) is 8.37. The largest absolute Gasteiger partial charge is 0.497 e. The Labute approximate surface area is 90.3 Å². The van der Waals surface area contributed by atoms with Crippen molar-refractivity contribution >= 4 is 17.7 Å². The van der Waals surface area contributed by atoms with Crippen LogP contribution in [-0.2, 0) is 0 Å². The Balaban J connectivity index is 2.47. The van der Waals surface area contributed by atoms with Crippen molar-refractivity contribution in [2.24, 2.45) is 0 Å². The van der Waals surface area contributed by atoms with Crippen LogP contribution in [0, 0.1) is 0 Å². The SMILES string of the molecule is COc1ccc(/C=C/CCCCl)cc1. The average molecular weight is 211 g/mol. The molecule has 0 saturated heterocycles. The van der Waals surface area contributed by atoms with E-state index in [1.165, 1.54) is 5.56 Å². The van der Waals surface area contributed by atoms with Crippen molar-refractivity contribution in [3.63, 3.8) is 0 Å². The van der Waals surface area contributed by atoms with Crippen molar-refractivity contribution in [3.8, 4) is 5.75 Å². The van der Waals surface area contributed by atoms with Crippen LogP contribution in [0.25, 0.3) is 6.08 Å². The van der Waals surface area contributed by atoms with Gasteiger partial charge in [-0.15, -0.1) is 11.6 Å². The number of hydrogen-bond donors (Lipinski definition) is 0. The summed E-state index contributed by atoms with van der Waals surface area (Å²) in [6.07, 6.45) is 6.32. The van der Waals surface area contributed by atoms with E-state index in [1.54, 1.807) is 7.11 Å². The molecule has 0 saturated carbocycles. The zero-order chi connectivity index (χ0) is 10.2. The molecule has 0 N–H and O–H groups in total. The van der Waals surface area contributed by atoms with Crippen LogP contribution < -0.4 is 4.74 Å². The van der Waals surface area contributed by atoms with E-state index in [0.717, 1.165) is 24.5 Å². The summed E-state index contributed by atoms with van der Waals surface area (Å²) in [5, 5.41) is 0. The van der Waals surface area contributed by atoms with Crippen LogP contribution in [0.2, 0.25) is 0 Å². The molecule has 2 heteroatoms. The van der Waals surface area contributed by atoms with Gasteiger partial charge in [0.25, 0.3) is 0 Å². The molecule has 1 aromatic carbocycles. The van der Waals surface area contributed by atoms with Crippen LogP contribution in [0.1, 0.15) is 18.4 Å². The first-order valence-corrected chi connectivity index (χ1v) is 5.27. The molecule has 0 fully saturated rings. The van der Waals surface area contributed by atoms with Gasteiger partial charge < -0.3 is 4.74 Å². The Morgan fingerprint density at radius 3 is 2.57 bits per heavy atom. The van der Waals surface area contributed by atoms with E-state index < -0.39 is 0 Å². The minimum atomic E-state index is 0.729. The standard InChI is InChI=1S/C12H15ClO/c1-14-12-8-6-11(7-9-12)5-3-2-4-10-13/h3,5-9H,2,4,10H2,1H3/b5-3+. The highest BCUT2D eigenvalue weighted by molar-refractivity contribution is 6.17. The molecule has 0 heterocycles. The second-order valence-electron chi connectivity index (χ2n) is 3.01. The molecule has 0 atom stereocenters. The summed E-state index contributed by atoms with van der Waals surface area (Å²) in [6, 6.07) is 7.99. The first-order valence-electron chi connectivity index (χ1n) is 4.73. The molecule has 0 amide bonds. The summed E-state index contributed by atoms with van der Waals surface area (Å²) in [5.74, 6) is 1.62. The molecular formula is C12H15ClO. The van der Waals surface area contributed by atoms with Crippen molar-refractivity contribution in [2.45, 2.75) is 12.8 Å². The number of allylic oxidation sites excluding steroid dienone is 1. The Kier molecular flexibility index (Phi) is 5.16. The van der Waals surface area contributed by atoms with Gasteiger partial charge in [0.2, 0.25) is 0 Å². The normalized spacial score (nSPS) is 10.7. The number of methoxy groups -OCH3 is 1. The smallest absolute Gasteiger partial charge is 0.118 e. The van der Waals surface area contributed by atoms with Gasteiger partial charge in [-0.1, -0.05) is 24.3 Å². The second kappa shape index (κ2) is 6.50. The van der Waals surface area contributed by atoms with Crippen molar-refractivity contribution in [1.29, 1.82) is 0 Å². The first-order chi connectivity index (χ1) is 6.86. The number of rotatable bonds is 5. The van der Waals surface area contributed by atoms with Crippen molar-refractivity contribution in [3.05, 3.63) is 35.9 Å². The zero-order valence-corrected chi connectivity index (χ0v) is 9.13. The third-order valence-electron chi connectivity index (χ3n) is 1.93. The van der Waals surface area contributed by atoms with Crippen LogP contribution in [0.15, 0.2) is 30.3 Å². The van der Waals surface area contributed by atoms with E-state index in [9.17, 15) is 0 Å². The van der Waals surface area contributed by atoms with Crippen LogP contribution in [-0.4, -0.2) is 13.0 Å². The van der Waals surface area contributed by atoms with Crippen LogP contribution in [0.4, 0.5) is 0 Å². The fourth-order valence-corrected chi connectivity index (χ4v) is 1.28. The molecule has 0 aliphatic rings. The topological polar surface area (TPSA) is 9.23 Å². The summed E-state index contributed by atoms with van der Waals surface area (Å²) < 4.78 is 5.07. The molecule has 1 nitrogen and oxygen atoms in total. The molecule has 0 radical (unpaired) electrons. The number of ether oxygens (including phenoxy) is 1. The van der Waals surface area contributed by atoms with Gasteiger partial charge in [0.15, 0.2) is 0 Å². The van der Waals surface area contributed by atoms with Gasteiger partial charge >= 0.3 is 0 Å². The van der Waals surface area contributed by atoms with E-state index in [2.05, 4.69) is 12.2 Å². The van der Waals surface area contributed by atoms with Crippen molar-refractivity contribution in [2.75, 3.05) is 13.0 Å². The molecule has 1 rings (SSSR count). The molecule has 76 valence electrons. The number of halogens is 1. The molecule has 0 aromatic heterocycles. The van der Waals surface area contributed by atoms with Gasteiger partial charge in [-0.25, -0.2) is 0 Å². The molecule has 0 bridgehead atoms. The predicted molar refractivity (Wildman–Crippen MR) is 62.0 cm³/mol. The van der Waals surface area contributed by atoms with Gasteiger partial charge in [-0.3, -0.25) is 0 Å². The fourth-order valence-electron chi connectivity index (χ4n) is 1.13. The van der Waals surface area contributed by atoms with E-state index in [0.29, 0.717) is 0 Å². The lowest BCUT2D eigenvalue weighted by atomic mass is 10.2. The van der Waals surface area contributed by atoms with Crippen molar-refractivity contribution in [1.82, 2.24) is 0 Å². The van der Waals surface area contributed by atoms with Crippen LogP contribution in [0.5, 0.6) is 5.75 Å². The Morgan fingerprint density at radius 1 is 1.29 bits per heavy atom. The second-order valence-corrected chi connectivity index (χ2v) is 3.38. The highest BCUT2D eigenvalue weighted by Crippen LogP contribution is 2.12. The first kappa shape index (κ1) is 11.1. The lowest BCUT2D eigenvalue weighted by Crippen LogP contribution is -1.81. The molecule has 0 unspecified atom stereocenters. The number of alkyl halides is 1. The minimum absolute atomic E-state index is 0.729. The number of benzene rings is 1. The van der Waals surface area contributed by atoms with Crippen LogP contribution >= 0.6 is 11.6 Å². The van der Waals surface area contributed by atoms with E-state index in [4.69, 9.17) is 16.3 Å². The highest BCUT2D eigenvalue weighted by atomic mass is 35.5. The number of unbranched alkanes of at least 4 members (excludes halogenated alkanes) is 1. The summed E-state index contributed by atoms with van der Waals surface area (Å²) in [5.41, 5.74) is 1.19. The third-order valence-corrected chi connectivity index (χ3v) is 2.20. The number of hydrogen-bond acceptors (Lipinski definition) is 1. The molecule has 14 heavy (non-hydrogen) atoms. The summed E-state index contributed by atoms with van der Waals surface area (Å²) in [7, 11) is 1.67. The highest BCUT2D eigenvalue weighted by Gasteiger charge is 1.89. The molecule has 1 aromatic rings. The van der Waals surface area contributed by atoms with E-state index >= 15 is 0 Å². The summed E-state index contributed by atoms with van der Waals surface area (Å²) in [6.45, 7) is 0. The Morgan fingerprint density at radius 2 is 2.00 bits per heavy atom. The van der Waals surface area contributed by atoms with E-state index in [1.807, 2.05) is 24.3 Å². The maximum Gasteiger partial charge on any atom is 0.118 e. The third kappa shape index (κ3) is 3.84. The predicted octanol–water partition coefficient (Wildman–Crippen LogP) is 3.73. The lowest BCUT2D eigenvalue weighted by Gasteiger charge is -1.98. The fraction of sp³-hybridized carbons (Fsp3) is 0.333. The van der Waals surface area contributed by atoms with Gasteiger partial charge in [0.05, 0.1) is 7.11 Å². The average Bonchev–Trinajstić information content (AvgIpc) is 2.25. The molecule has 0 aliphatic carbocycles.